The Labute approximate surface area is 166 Å². The number of ether oxygens (including phenoxy) is 1. The third-order valence-corrected chi connectivity index (χ3v) is 4.79. The largest absolute Gasteiger partial charge is 0.445 e. The zero-order valence-electron chi connectivity index (χ0n) is 16.7. The summed E-state index contributed by atoms with van der Waals surface area (Å²) >= 11 is 0. The van der Waals surface area contributed by atoms with Gasteiger partial charge in [-0.2, -0.15) is 0 Å². The highest BCUT2D eigenvalue weighted by atomic mass is 16.5. The van der Waals surface area contributed by atoms with Crippen molar-refractivity contribution >= 4 is 11.8 Å². The SMILES string of the molecule is Cc1ccc(C(=O)[C@@H](OC(=O)c2cc(C)ccc2C)c2ccc(C)cc2)cc1. The van der Waals surface area contributed by atoms with Gasteiger partial charge in [-0.05, 0) is 39.3 Å². The van der Waals surface area contributed by atoms with Crippen LogP contribution < -0.4 is 0 Å². The molecule has 1 atom stereocenters. The van der Waals surface area contributed by atoms with E-state index in [-0.39, 0.29) is 5.78 Å². The number of benzene rings is 3. The van der Waals surface area contributed by atoms with Gasteiger partial charge in [-0.1, -0.05) is 77.4 Å². The van der Waals surface area contributed by atoms with Crippen molar-refractivity contribution in [3.05, 3.63) is 106 Å². The summed E-state index contributed by atoms with van der Waals surface area (Å²) in [6.45, 7) is 7.72. The zero-order chi connectivity index (χ0) is 20.3. The van der Waals surface area contributed by atoms with E-state index in [0.717, 1.165) is 22.3 Å². The minimum atomic E-state index is -0.990. The highest BCUT2D eigenvalue weighted by Crippen LogP contribution is 2.26. The standard InChI is InChI=1S/C25H24O3/c1-16-6-11-20(12-7-16)23(26)24(21-13-8-17(2)9-14-21)28-25(27)22-15-18(3)5-10-19(22)4/h5-15,24H,1-4H3/t24-/m0/s1. The Balaban J connectivity index is 1.97. The van der Waals surface area contributed by atoms with E-state index in [1.54, 1.807) is 18.2 Å². The highest BCUT2D eigenvalue weighted by Gasteiger charge is 2.27. The summed E-state index contributed by atoms with van der Waals surface area (Å²) in [5.74, 6) is -0.727. The molecule has 142 valence electrons. The van der Waals surface area contributed by atoms with E-state index in [1.165, 1.54) is 0 Å². The van der Waals surface area contributed by atoms with Gasteiger partial charge >= 0.3 is 5.97 Å². The second kappa shape index (κ2) is 8.22. The third kappa shape index (κ3) is 4.37. The van der Waals surface area contributed by atoms with E-state index in [4.69, 9.17) is 4.74 Å². The fourth-order valence-corrected chi connectivity index (χ4v) is 3.01. The molecule has 0 spiro atoms. The first kappa shape index (κ1) is 19.6. The number of aryl methyl sites for hydroxylation is 4. The number of rotatable bonds is 5. The van der Waals surface area contributed by atoms with Gasteiger partial charge in [-0.25, -0.2) is 4.79 Å². The van der Waals surface area contributed by atoms with Crippen molar-refractivity contribution in [3.63, 3.8) is 0 Å². The summed E-state index contributed by atoms with van der Waals surface area (Å²) in [7, 11) is 0. The Morgan fingerprint density at radius 3 is 1.86 bits per heavy atom. The molecule has 0 radical (unpaired) electrons. The smallest absolute Gasteiger partial charge is 0.339 e. The summed E-state index contributed by atoms with van der Waals surface area (Å²) in [6.07, 6.45) is -0.990. The lowest BCUT2D eigenvalue weighted by Gasteiger charge is -2.19. The molecular formula is C25H24O3. The number of carbonyl (C=O) groups excluding carboxylic acids is 2. The molecule has 0 aromatic heterocycles. The van der Waals surface area contributed by atoms with E-state index >= 15 is 0 Å². The number of hydrogen-bond acceptors (Lipinski definition) is 3. The van der Waals surface area contributed by atoms with Crippen LogP contribution in [0.2, 0.25) is 0 Å². The van der Waals surface area contributed by atoms with Gasteiger partial charge in [0.2, 0.25) is 5.78 Å². The van der Waals surface area contributed by atoms with Crippen LogP contribution in [-0.2, 0) is 4.74 Å². The Kier molecular flexibility index (Phi) is 5.74. The van der Waals surface area contributed by atoms with Gasteiger partial charge in [0.1, 0.15) is 0 Å². The molecule has 0 aliphatic carbocycles. The predicted molar refractivity (Wildman–Crippen MR) is 111 cm³/mol. The van der Waals surface area contributed by atoms with Crippen LogP contribution in [0.25, 0.3) is 0 Å². The van der Waals surface area contributed by atoms with Crippen LogP contribution in [0.3, 0.4) is 0 Å². The molecule has 3 aromatic carbocycles. The first-order chi connectivity index (χ1) is 13.3. The van der Waals surface area contributed by atoms with E-state index in [0.29, 0.717) is 16.7 Å². The number of carbonyl (C=O) groups is 2. The molecule has 0 aliphatic rings. The molecule has 28 heavy (non-hydrogen) atoms. The fourth-order valence-electron chi connectivity index (χ4n) is 3.01. The Morgan fingerprint density at radius 2 is 1.25 bits per heavy atom. The molecule has 0 aliphatic heterocycles. The molecular weight excluding hydrogens is 348 g/mol. The third-order valence-electron chi connectivity index (χ3n) is 4.79. The monoisotopic (exact) mass is 372 g/mol. The van der Waals surface area contributed by atoms with Crippen LogP contribution >= 0.6 is 0 Å². The maximum Gasteiger partial charge on any atom is 0.339 e. The number of ketones is 1. The van der Waals surface area contributed by atoms with Crippen LogP contribution in [0.1, 0.15) is 54.6 Å². The summed E-state index contributed by atoms with van der Waals surface area (Å²) in [4.78, 5) is 26.1. The zero-order valence-corrected chi connectivity index (χ0v) is 16.7. The Bertz CT molecular complexity index is 999. The average molecular weight is 372 g/mol. The van der Waals surface area contributed by atoms with Crippen LogP contribution in [0.4, 0.5) is 0 Å². The quantitative estimate of drug-likeness (QED) is 0.426. The van der Waals surface area contributed by atoms with E-state index < -0.39 is 12.1 Å². The van der Waals surface area contributed by atoms with Crippen LogP contribution in [0.15, 0.2) is 66.7 Å². The van der Waals surface area contributed by atoms with E-state index in [1.807, 2.05) is 76.2 Å². The van der Waals surface area contributed by atoms with Crippen LogP contribution in [-0.4, -0.2) is 11.8 Å². The van der Waals surface area contributed by atoms with Crippen molar-refractivity contribution in [1.29, 1.82) is 0 Å². The average Bonchev–Trinajstić information content (AvgIpc) is 2.68. The van der Waals surface area contributed by atoms with E-state index in [9.17, 15) is 9.59 Å². The minimum absolute atomic E-state index is 0.234. The summed E-state index contributed by atoms with van der Waals surface area (Å²) in [5.41, 5.74) is 5.59. The van der Waals surface area contributed by atoms with Gasteiger partial charge < -0.3 is 4.74 Å². The lowest BCUT2D eigenvalue weighted by molar-refractivity contribution is 0.0279. The molecule has 3 heteroatoms. The van der Waals surface area contributed by atoms with Crippen LogP contribution in [0.5, 0.6) is 0 Å². The molecule has 0 fully saturated rings. The van der Waals surface area contributed by atoms with Gasteiger partial charge in [-0.15, -0.1) is 0 Å². The van der Waals surface area contributed by atoms with Gasteiger partial charge in [0.15, 0.2) is 6.10 Å². The molecule has 0 amide bonds. The van der Waals surface area contributed by atoms with E-state index in [2.05, 4.69) is 0 Å². The molecule has 3 rings (SSSR count). The fraction of sp³-hybridized carbons (Fsp3) is 0.200. The second-order valence-electron chi connectivity index (χ2n) is 7.24. The first-order valence-electron chi connectivity index (χ1n) is 9.31. The molecule has 3 aromatic rings. The van der Waals surface area contributed by atoms with Gasteiger partial charge in [0, 0.05) is 11.1 Å². The number of Topliss-reactive ketones (excluding diaryl/α,β-unsaturated/α-hetero) is 1. The normalized spacial score (nSPS) is 11.7. The lowest BCUT2D eigenvalue weighted by atomic mass is 9.98. The topological polar surface area (TPSA) is 43.4 Å². The maximum atomic E-state index is 13.2. The minimum Gasteiger partial charge on any atom is -0.445 e. The molecule has 0 saturated carbocycles. The second-order valence-corrected chi connectivity index (χ2v) is 7.24. The molecule has 0 unspecified atom stereocenters. The van der Waals surface area contributed by atoms with Crippen molar-refractivity contribution in [2.75, 3.05) is 0 Å². The van der Waals surface area contributed by atoms with Crippen molar-refractivity contribution in [1.82, 2.24) is 0 Å². The summed E-state index contributed by atoms with van der Waals surface area (Å²) < 4.78 is 5.76. The molecule has 0 bridgehead atoms. The predicted octanol–water partition coefficient (Wildman–Crippen LogP) is 5.70. The Morgan fingerprint density at radius 1 is 0.714 bits per heavy atom. The van der Waals surface area contributed by atoms with Gasteiger partial charge in [0.25, 0.3) is 0 Å². The maximum absolute atomic E-state index is 13.2. The van der Waals surface area contributed by atoms with Gasteiger partial charge in [0.05, 0.1) is 5.56 Å². The number of hydrogen-bond donors (Lipinski definition) is 0. The Hall–Kier alpha value is -3.20. The van der Waals surface area contributed by atoms with Crippen molar-refractivity contribution in [2.45, 2.75) is 33.8 Å². The molecule has 0 heterocycles. The lowest BCUT2D eigenvalue weighted by Crippen LogP contribution is -2.21. The van der Waals surface area contributed by atoms with Crippen LogP contribution in [0, 0.1) is 27.7 Å². The highest BCUT2D eigenvalue weighted by molar-refractivity contribution is 6.02. The molecule has 3 nitrogen and oxygen atoms in total. The van der Waals surface area contributed by atoms with Crippen molar-refractivity contribution in [3.8, 4) is 0 Å². The van der Waals surface area contributed by atoms with Crippen molar-refractivity contribution < 1.29 is 14.3 Å². The molecule has 0 N–H and O–H groups in total. The van der Waals surface area contributed by atoms with Gasteiger partial charge in [-0.3, -0.25) is 4.79 Å². The number of esters is 1. The summed E-state index contributed by atoms with van der Waals surface area (Å²) in [5, 5.41) is 0. The van der Waals surface area contributed by atoms with Crippen molar-refractivity contribution in [2.24, 2.45) is 0 Å². The summed E-state index contributed by atoms with van der Waals surface area (Å²) in [6, 6.07) is 20.4. The first-order valence-corrected chi connectivity index (χ1v) is 9.31. The molecule has 0 saturated heterocycles.